The van der Waals surface area contributed by atoms with E-state index < -0.39 is 0 Å². The first kappa shape index (κ1) is 15.5. The predicted octanol–water partition coefficient (Wildman–Crippen LogP) is 3.02. The highest BCUT2D eigenvalue weighted by Gasteiger charge is 2.23. The molecule has 1 aliphatic heterocycles. The molecule has 1 aliphatic rings. The summed E-state index contributed by atoms with van der Waals surface area (Å²) in [5.74, 6) is 1.52. The average molecular weight is 340 g/mol. The lowest BCUT2D eigenvalue weighted by molar-refractivity contribution is 0.226. The van der Waals surface area contributed by atoms with Crippen molar-refractivity contribution in [1.29, 1.82) is 0 Å². The summed E-state index contributed by atoms with van der Waals surface area (Å²) in [6, 6.07) is 14.5. The van der Waals surface area contributed by atoms with E-state index in [2.05, 4.69) is 44.7 Å². The van der Waals surface area contributed by atoms with E-state index in [1.807, 2.05) is 18.2 Å². The van der Waals surface area contributed by atoms with Crippen molar-refractivity contribution < 1.29 is 4.42 Å². The molecular formula is C18H20N4OS. The molecule has 0 unspecified atom stereocenters. The van der Waals surface area contributed by atoms with Gasteiger partial charge in [0.25, 0.3) is 0 Å². The number of benzene rings is 1. The Morgan fingerprint density at radius 1 is 1.04 bits per heavy atom. The third kappa shape index (κ3) is 3.72. The highest BCUT2D eigenvalue weighted by atomic mass is 32.1. The molecular weight excluding hydrogens is 320 g/mol. The molecule has 124 valence electrons. The number of aromatic nitrogens is 2. The molecule has 1 aromatic carbocycles. The zero-order valence-electron chi connectivity index (χ0n) is 13.4. The molecule has 2 aromatic heterocycles. The van der Waals surface area contributed by atoms with Crippen LogP contribution in [-0.2, 0) is 19.6 Å². The molecule has 1 fully saturated rings. The highest BCUT2D eigenvalue weighted by Crippen LogP contribution is 2.24. The zero-order valence-corrected chi connectivity index (χ0v) is 14.2. The molecule has 0 spiro atoms. The minimum Gasteiger partial charge on any atom is -0.468 e. The Kier molecular flexibility index (Phi) is 4.69. The molecule has 3 aromatic rings. The van der Waals surface area contributed by atoms with Crippen LogP contribution in [0.3, 0.4) is 0 Å². The number of nitrogens with zero attached hydrogens (tertiary/aromatic N) is 3. The second-order valence-corrected chi connectivity index (χ2v) is 7.19. The molecule has 6 heteroatoms. The Morgan fingerprint density at radius 2 is 1.92 bits per heavy atom. The Balaban J connectivity index is 1.47. The van der Waals surface area contributed by atoms with Crippen molar-refractivity contribution >= 4 is 11.3 Å². The predicted molar refractivity (Wildman–Crippen MR) is 93.6 cm³/mol. The number of hydrogen-bond acceptors (Lipinski definition) is 6. The van der Waals surface area contributed by atoms with Gasteiger partial charge in [0.1, 0.15) is 15.8 Å². The lowest BCUT2D eigenvalue weighted by Gasteiger charge is -2.24. The fourth-order valence-corrected chi connectivity index (χ4v) is 3.77. The van der Waals surface area contributed by atoms with Crippen molar-refractivity contribution in [3.05, 3.63) is 70.1 Å². The summed E-state index contributed by atoms with van der Waals surface area (Å²) in [6.45, 7) is 4.46. The van der Waals surface area contributed by atoms with Gasteiger partial charge in [0, 0.05) is 25.6 Å². The van der Waals surface area contributed by atoms with E-state index in [4.69, 9.17) is 4.42 Å². The largest absolute Gasteiger partial charge is 0.468 e. The third-order valence-corrected chi connectivity index (χ3v) is 5.25. The van der Waals surface area contributed by atoms with Crippen LogP contribution in [0.15, 0.2) is 53.1 Å². The molecule has 5 nitrogen and oxygen atoms in total. The van der Waals surface area contributed by atoms with Gasteiger partial charge in [-0.15, -0.1) is 10.2 Å². The topological polar surface area (TPSA) is 54.2 Å². The number of rotatable bonds is 7. The highest BCUT2D eigenvalue weighted by molar-refractivity contribution is 7.11. The average Bonchev–Trinajstić information content (AvgIpc) is 3.19. The second kappa shape index (κ2) is 7.25. The molecule has 0 aliphatic carbocycles. The maximum Gasteiger partial charge on any atom is 0.131 e. The van der Waals surface area contributed by atoms with Crippen LogP contribution in [0.2, 0.25) is 0 Å². The minimum atomic E-state index is 0.545. The van der Waals surface area contributed by atoms with E-state index in [9.17, 15) is 0 Å². The van der Waals surface area contributed by atoms with Gasteiger partial charge in [0.2, 0.25) is 0 Å². The summed E-state index contributed by atoms with van der Waals surface area (Å²) in [5, 5.41) is 14.3. The maximum atomic E-state index is 5.53. The van der Waals surface area contributed by atoms with Crippen LogP contribution in [0.4, 0.5) is 0 Å². The van der Waals surface area contributed by atoms with Gasteiger partial charge in [-0.25, -0.2) is 0 Å². The molecule has 0 atom stereocenters. The lowest BCUT2D eigenvalue weighted by atomic mass is 10.1. The number of hydrogen-bond donors (Lipinski definition) is 1. The van der Waals surface area contributed by atoms with Crippen LogP contribution in [0.25, 0.3) is 0 Å². The Bertz CT molecular complexity index is 752. The molecule has 0 radical (unpaired) electrons. The van der Waals surface area contributed by atoms with E-state index in [0.717, 1.165) is 48.5 Å². The summed E-state index contributed by atoms with van der Waals surface area (Å²) < 4.78 is 5.53. The van der Waals surface area contributed by atoms with E-state index in [1.165, 1.54) is 5.56 Å². The zero-order chi connectivity index (χ0) is 16.2. The summed E-state index contributed by atoms with van der Waals surface area (Å²) in [6.07, 6.45) is 1.72. The molecule has 0 amide bonds. The van der Waals surface area contributed by atoms with Crippen molar-refractivity contribution in [2.24, 2.45) is 0 Å². The molecule has 0 bridgehead atoms. The van der Waals surface area contributed by atoms with Crippen molar-refractivity contribution in [1.82, 2.24) is 20.4 Å². The second-order valence-electron chi connectivity index (χ2n) is 6.10. The van der Waals surface area contributed by atoms with Gasteiger partial charge in [-0.05, 0) is 17.7 Å². The van der Waals surface area contributed by atoms with Crippen molar-refractivity contribution in [3.63, 3.8) is 0 Å². The van der Waals surface area contributed by atoms with Gasteiger partial charge in [-0.2, -0.15) is 0 Å². The number of furan rings is 1. The molecule has 1 N–H and O–H groups in total. The van der Waals surface area contributed by atoms with Crippen molar-refractivity contribution in [2.45, 2.75) is 25.6 Å². The van der Waals surface area contributed by atoms with E-state index in [-0.39, 0.29) is 0 Å². The van der Waals surface area contributed by atoms with Crippen LogP contribution >= 0.6 is 11.3 Å². The molecule has 3 heterocycles. The molecule has 1 saturated heterocycles. The van der Waals surface area contributed by atoms with Crippen LogP contribution in [0.1, 0.15) is 27.3 Å². The fraction of sp³-hybridized carbons (Fsp3) is 0.333. The summed E-state index contributed by atoms with van der Waals surface area (Å²) >= 11 is 1.73. The summed E-state index contributed by atoms with van der Waals surface area (Å²) in [7, 11) is 0. The van der Waals surface area contributed by atoms with Gasteiger partial charge < -0.3 is 9.73 Å². The quantitative estimate of drug-likeness (QED) is 0.716. The van der Waals surface area contributed by atoms with E-state index in [0.29, 0.717) is 5.92 Å². The monoisotopic (exact) mass is 340 g/mol. The van der Waals surface area contributed by atoms with Gasteiger partial charge in [0.05, 0.1) is 19.4 Å². The standard InChI is InChI=1S/C18H20N4OS/c1-2-5-14(6-3-1)11-22(12-16-7-4-8-23-16)13-17-20-21-18(24-17)15-9-19-10-15/h1-8,15,19H,9-13H2. The minimum absolute atomic E-state index is 0.545. The Hall–Kier alpha value is -2.02. The first-order valence-electron chi connectivity index (χ1n) is 8.18. The smallest absolute Gasteiger partial charge is 0.131 e. The Morgan fingerprint density at radius 3 is 2.62 bits per heavy atom. The summed E-state index contributed by atoms with van der Waals surface area (Å²) in [4.78, 5) is 2.34. The van der Waals surface area contributed by atoms with E-state index >= 15 is 0 Å². The third-order valence-electron chi connectivity index (χ3n) is 4.18. The van der Waals surface area contributed by atoms with Gasteiger partial charge in [-0.1, -0.05) is 41.7 Å². The Labute approximate surface area is 145 Å². The van der Waals surface area contributed by atoms with Crippen molar-refractivity contribution in [2.75, 3.05) is 13.1 Å². The van der Waals surface area contributed by atoms with Gasteiger partial charge in [0.15, 0.2) is 0 Å². The first-order chi connectivity index (χ1) is 11.9. The van der Waals surface area contributed by atoms with Crippen LogP contribution < -0.4 is 5.32 Å². The van der Waals surface area contributed by atoms with Gasteiger partial charge >= 0.3 is 0 Å². The van der Waals surface area contributed by atoms with Crippen LogP contribution in [0, 0.1) is 0 Å². The molecule has 4 rings (SSSR count). The fourth-order valence-electron chi connectivity index (χ4n) is 2.78. The molecule has 24 heavy (non-hydrogen) atoms. The first-order valence-corrected chi connectivity index (χ1v) is 9.00. The lowest BCUT2D eigenvalue weighted by Crippen LogP contribution is -2.39. The van der Waals surface area contributed by atoms with Gasteiger partial charge in [-0.3, -0.25) is 4.90 Å². The summed E-state index contributed by atoms with van der Waals surface area (Å²) in [5.41, 5.74) is 1.29. The number of nitrogens with one attached hydrogen (secondary N) is 1. The van der Waals surface area contributed by atoms with Crippen LogP contribution in [0.5, 0.6) is 0 Å². The maximum absolute atomic E-state index is 5.53. The SMILES string of the molecule is c1ccc(CN(Cc2ccco2)Cc2nnc(C3CNC3)s2)cc1. The molecule has 0 saturated carbocycles. The van der Waals surface area contributed by atoms with Crippen LogP contribution in [-0.4, -0.2) is 28.2 Å². The van der Waals surface area contributed by atoms with E-state index in [1.54, 1.807) is 17.6 Å². The van der Waals surface area contributed by atoms with Crippen molar-refractivity contribution in [3.8, 4) is 0 Å². The normalized spacial score (nSPS) is 14.9.